The molecule has 0 atom stereocenters. The molecule has 0 bridgehead atoms. The van der Waals surface area contributed by atoms with Crippen molar-refractivity contribution in [2.45, 2.75) is 52.5 Å². The van der Waals surface area contributed by atoms with Crippen LogP contribution in [0.15, 0.2) is 53.4 Å². The van der Waals surface area contributed by atoms with Gasteiger partial charge in [-0.3, -0.25) is 14.3 Å². The molecule has 1 heterocycles. The van der Waals surface area contributed by atoms with Crippen molar-refractivity contribution in [2.75, 3.05) is 17.8 Å². The van der Waals surface area contributed by atoms with Gasteiger partial charge in [-0.05, 0) is 67.2 Å². The van der Waals surface area contributed by atoms with Crippen LogP contribution in [-0.2, 0) is 30.0 Å². The van der Waals surface area contributed by atoms with Crippen LogP contribution in [0.1, 0.15) is 44.6 Å². The second-order valence-corrected chi connectivity index (χ2v) is 10.6. The van der Waals surface area contributed by atoms with Crippen LogP contribution >= 0.6 is 0 Å². The first-order chi connectivity index (χ1) is 15.6. The molecule has 0 saturated heterocycles. The molecule has 1 aromatic heterocycles. The predicted octanol–water partition coefficient (Wildman–Crippen LogP) is 5.24. The highest BCUT2D eigenvalue weighted by atomic mass is 32.2. The normalized spacial score (nSPS) is 12.0. The predicted molar refractivity (Wildman–Crippen MR) is 136 cm³/mol. The molecular formula is C26H36N4O2S. The molecule has 0 saturated carbocycles. The number of nitrogens with zero attached hydrogens (tertiary/aromatic N) is 3. The highest BCUT2D eigenvalue weighted by Gasteiger charge is 2.21. The number of anilines is 1. The van der Waals surface area contributed by atoms with Crippen LogP contribution in [-0.4, -0.2) is 36.2 Å². The maximum Gasteiger partial charge on any atom is 0.262 e. The second-order valence-electron chi connectivity index (χ2n) is 8.92. The summed E-state index contributed by atoms with van der Waals surface area (Å²) in [6, 6.07) is 15.5. The third-order valence-electron chi connectivity index (χ3n) is 5.97. The van der Waals surface area contributed by atoms with Crippen LogP contribution in [0, 0.1) is 12.8 Å². The Bertz CT molecular complexity index is 1180. The summed E-state index contributed by atoms with van der Waals surface area (Å²) >= 11 is 0. The van der Waals surface area contributed by atoms with E-state index in [-0.39, 0.29) is 4.90 Å². The Hall–Kier alpha value is -2.64. The largest absolute Gasteiger partial charge is 0.300 e. The lowest BCUT2D eigenvalue weighted by Crippen LogP contribution is -2.22. The molecule has 0 fully saturated rings. The first kappa shape index (κ1) is 25.0. The summed E-state index contributed by atoms with van der Waals surface area (Å²) in [4.78, 5) is 2.61. The van der Waals surface area contributed by atoms with Crippen LogP contribution in [0.4, 0.5) is 5.69 Å². The molecule has 33 heavy (non-hydrogen) atoms. The van der Waals surface area contributed by atoms with Gasteiger partial charge in [-0.2, -0.15) is 5.10 Å². The van der Waals surface area contributed by atoms with Crippen LogP contribution in [0.5, 0.6) is 0 Å². The standard InChI is InChI=1S/C26H36N4O2S/c1-7-30(8-2)18-21-10-9-11-23(17-21)22-12-14-24(15-13-22)33(31,32)28-26-20(5)29(6)27-25(26)16-19(3)4/h9-15,17,19,28H,7-8,16,18H2,1-6H3. The fourth-order valence-corrected chi connectivity index (χ4v) is 5.06. The third kappa shape index (κ3) is 6.03. The number of aromatic nitrogens is 2. The molecule has 0 amide bonds. The van der Waals surface area contributed by atoms with Gasteiger partial charge in [0.2, 0.25) is 0 Å². The molecule has 7 heteroatoms. The number of sulfonamides is 1. The first-order valence-corrected chi connectivity index (χ1v) is 13.1. The Kier molecular flexibility index (Phi) is 7.97. The van der Waals surface area contributed by atoms with Crippen molar-refractivity contribution >= 4 is 15.7 Å². The molecule has 0 aliphatic heterocycles. The van der Waals surface area contributed by atoms with E-state index in [1.807, 2.05) is 26.1 Å². The van der Waals surface area contributed by atoms with Gasteiger partial charge in [0.05, 0.1) is 22.0 Å². The van der Waals surface area contributed by atoms with Crippen molar-refractivity contribution < 1.29 is 8.42 Å². The summed E-state index contributed by atoms with van der Waals surface area (Å²) in [6.45, 7) is 13.3. The van der Waals surface area contributed by atoms with Gasteiger partial charge >= 0.3 is 0 Å². The number of hydrogen-bond acceptors (Lipinski definition) is 4. The minimum absolute atomic E-state index is 0.240. The highest BCUT2D eigenvalue weighted by molar-refractivity contribution is 7.92. The van der Waals surface area contributed by atoms with E-state index in [2.05, 4.69) is 66.7 Å². The quantitative estimate of drug-likeness (QED) is 0.442. The zero-order valence-electron chi connectivity index (χ0n) is 20.6. The maximum atomic E-state index is 13.1. The van der Waals surface area contributed by atoms with Gasteiger partial charge in [0.25, 0.3) is 10.0 Å². The average molecular weight is 469 g/mol. The second kappa shape index (κ2) is 10.5. The molecule has 178 valence electrons. The molecule has 6 nitrogen and oxygen atoms in total. The van der Waals surface area contributed by atoms with Crippen molar-refractivity contribution in [1.29, 1.82) is 0 Å². The fourth-order valence-electron chi connectivity index (χ4n) is 3.91. The number of benzene rings is 2. The molecule has 0 aliphatic rings. The number of aryl methyl sites for hydroxylation is 1. The minimum atomic E-state index is -3.72. The molecule has 1 N–H and O–H groups in total. The summed E-state index contributed by atoms with van der Waals surface area (Å²) < 4.78 is 30.8. The van der Waals surface area contributed by atoms with Gasteiger partial charge in [0.1, 0.15) is 0 Å². The molecule has 0 aliphatic carbocycles. The Balaban J connectivity index is 1.83. The SMILES string of the molecule is CCN(CC)Cc1cccc(-c2ccc(S(=O)(=O)Nc3c(CC(C)C)nn(C)c3C)cc2)c1. The molecule has 0 unspecified atom stereocenters. The fraction of sp³-hybridized carbons (Fsp3) is 0.423. The van der Waals surface area contributed by atoms with Crippen molar-refractivity contribution in [3.05, 3.63) is 65.5 Å². The van der Waals surface area contributed by atoms with E-state index in [9.17, 15) is 8.42 Å². The Labute approximate surface area is 198 Å². The van der Waals surface area contributed by atoms with Crippen molar-refractivity contribution in [1.82, 2.24) is 14.7 Å². The van der Waals surface area contributed by atoms with E-state index < -0.39 is 10.0 Å². The first-order valence-electron chi connectivity index (χ1n) is 11.6. The van der Waals surface area contributed by atoms with Gasteiger partial charge in [-0.15, -0.1) is 0 Å². The van der Waals surface area contributed by atoms with E-state index >= 15 is 0 Å². The summed E-state index contributed by atoms with van der Waals surface area (Å²) in [5.74, 6) is 0.374. The minimum Gasteiger partial charge on any atom is -0.300 e. The van der Waals surface area contributed by atoms with Crippen LogP contribution in [0.3, 0.4) is 0 Å². The zero-order chi connectivity index (χ0) is 24.2. The Morgan fingerprint density at radius 1 is 1.03 bits per heavy atom. The molecule has 3 rings (SSSR count). The summed E-state index contributed by atoms with van der Waals surface area (Å²) in [6.07, 6.45) is 0.711. The van der Waals surface area contributed by atoms with Crippen molar-refractivity contribution in [3.63, 3.8) is 0 Å². The molecule has 0 radical (unpaired) electrons. The number of nitrogens with one attached hydrogen (secondary N) is 1. The summed E-state index contributed by atoms with van der Waals surface area (Å²) in [7, 11) is -1.89. The van der Waals surface area contributed by atoms with Crippen LogP contribution in [0.25, 0.3) is 11.1 Å². The van der Waals surface area contributed by atoms with Crippen LogP contribution < -0.4 is 4.72 Å². The van der Waals surface area contributed by atoms with Crippen molar-refractivity contribution in [2.24, 2.45) is 13.0 Å². The lowest BCUT2D eigenvalue weighted by atomic mass is 10.0. The van der Waals surface area contributed by atoms with Crippen LogP contribution in [0.2, 0.25) is 0 Å². The lowest BCUT2D eigenvalue weighted by molar-refractivity contribution is 0.296. The molecule has 2 aromatic carbocycles. The average Bonchev–Trinajstić information content (AvgIpc) is 3.04. The number of hydrogen-bond donors (Lipinski definition) is 1. The van der Waals surface area contributed by atoms with Gasteiger partial charge in [0, 0.05) is 13.6 Å². The van der Waals surface area contributed by atoms with Gasteiger partial charge < -0.3 is 0 Å². The molecule has 0 spiro atoms. The summed E-state index contributed by atoms with van der Waals surface area (Å²) in [5.41, 5.74) is 5.48. The van der Waals surface area contributed by atoms with Gasteiger partial charge in [0.15, 0.2) is 0 Å². The zero-order valence-corrected chi connectivity index (χ0v) is 21.4. The van der Waals surface area contributed by atoms with E-state index in [0.29, 0.717) is 18.0 Å². The number of rotatable bonds is 10. The highest BCUT2D eigenvalue weighted by Crippen LogP contribution is 2.27. The van der Waals surface area contributed by atoms with Gasteiger partial charge in [-0.1, -0.05) is 58.0 Å². The Morgan fingerprint density at radius 2 is 1.70 bits per heavy atom. The van der Waals surface area contributed by atoms with Gasteiger partial charge in [-0.25, -0.2) is 8.42 Å². The third-order valence-corrected chi connectivity index (χ3v) is 7.34. The lowest BCUT2D eigenvalue weighted by Gasteiger charge is -2.18. The van der Waals surface area contributed by atoms with E-state index in [1.165, 1.54) is 5.56 Å². The Morgan fingerprint density at radius 3 is 2.30 bits per heavy atom. The maximum absolute atomic E-state index is 13.1. The van der Waals surface area contributed by atoms with E-state index in [0.717, 1.165) is 42.1 Å². The monoisotopic (exact) mass is 468 g/mol. The smallest absolute Gasteiger partial charge is 0.262 e. The van der Waals surface area contributed by atoms with E-state index in [1.54, 1.807) is 16.8 Å². The van der Waals surface area contributed by atoms with E-state index in [4.69, 9.17) is 0 Å². The van der Waals surface area contributed by atoms with Crippen molar-refractivity contribution in [3.8, 4) is 11.1 Å². The molecule has 3 aromatic rings. The topological polar surface area (TPSA) is 67.2 Å². The summed E-state index contributed by atoms with van der Waals surface area (Å²) in [5, 5.41) is 4.51. The molecular weight excluding hydrogens is 432 g/mol.